The summed E-state index contributed by atoms with van der Waals surface area (Å²) in [5.41, 5.74) is 2.53. The highest BCUT2D eigenvalue weighted by Gasteiger charge is 2.23. The van der Waals surface area contributed by atoms with Crippen molar-refractivity contribution >= 4 is 0 Å². The average Bonchev–Trinajstić information content (AvgIpc) is 2.71. The van der Waals surface area contributed by atoms with Crippen LogP contribution in [0.1, 0.15) is 51.3 Å². The Morgan fingerprint density at radius 3 is 2.50 bits per heavy atom. The lowest BCUT2D eigenvalue weighted by molar-refractivity contribution is 0.413. The molecule has 2 atom stereocenters. The first-order valence-corrected chi connectivity index (χ1v) is 6.67. The molecule has 1 aliphatic rings. The Balaban J connectivity index is 0.000000606. The molecule has 2 unspecified atom stereocenters. The Morgan fingerprint density at radius 2 is 2.00 bits per heavy atom. The highest BCUT2D eigenvalue weighted by Crippen LogP contribution is 2.33. The minimum absolute atomic E-state index is 0.880. The Bertz CT molecular complexity index is 289. The summed E-state index contributed by atoms with van der Waals surface area (Å²) < 4.78 is 0. The fourth-order valence-corrected chi connectivity index (χ4v) is 2.41. The third-order valence-corrected chi connectivity index (χ3v) is 3.48. The highest BCUT2D eigenvalue weighted by molar-refractivity contribution is 5.12. The van der Waals surface area contributed by atoms with Gasteiger partial charge in [-0.2, -0.15) is 0 Å². The third kappa shape index (κ3) is 3.62. The number of nitrogens with zero attached hydrogens (tertiary/aromatic N) is 1. The monoisotopic (exact) mass is 219 g/mol. The van der Waals surface area contributed by atoms with Crippen LogP contribution in [0.25, 0.3) is 0 Å². The first kappa shape index (κ1) is 13.2. The van der Waals surface area contributed by atoms with E-state index in [4.69, 9.17) is 0 Å². The molecular weight excluding hydrogens is 194 g/mol. The summed E-state index contributed by atoms with van der Waals surface area (Å²) in [5.74, 6) is 1.78. The quantitative estimate of drug-likeness (QED) is 0.718. The fourth-order valence-electron chi connectivity index (χ4n) is 2.41. The molecule has 0 N–H and O–H groups in total. The van der Waals surface area contributed by atoms with E-state index in [0.29, 0.717) is 0 Å². The zero-order valence-electron chi connectivity index (χ0n) is 11.2. The molecule has 0 amide bonds. The summed E-state index contributed by atoms with van der Waals surface area (Å²) in [6.45, 7) is 8.47. The Morgan fingerprint density at radius 1 is 1.25 bits per heavy atom. The Kier molecular flexibility index (Phi) is 5.51. The van der Waals surface area contributed by atoms with Crippen LogP contribution in [0.2, 0.25) is 0 Å². The van der Waals surface area contributed by atoms with E-state index in [9.17, 15) is 0 Å². The second-order valence-corrected chi connectivity index (χ2v) is 4.70. The summed E-state index contributed by atoms with van der Waals surface area (Å²) in [6.07, 6.45) is 7.39. The van der Waals surface area contributed by atoms with Gasteiger partial charge in [0.15, 0.2) is 0 Å². The second-order valence-electron chi connectivity index (χ2n) is 4.70. The van der Waals surface area contributed by atoms with Gasteiger partial charge >= 0.3 is 0 Å². The summed E-state index contributed by atoms with van der Waals surface area (Å²) >= 11 is 0. The molecule has 0 aromatic carbocycles. The molecule has 0 bridgehead atoms. The molecule has 1 aromatic heterocycles. The molecule has 0 radical (unpaired) electrons. The number of rotatable bonds is 2. The molecule has 90 valence electrons. The van der Waals surface area contributed by atoms with Crippen molar-refractivity contribution in [3.63, 3.8) is 0 Å². The predicted octanol–water partition coefficient (Wildman–Crippen LogP) is 4.39. The molecule has 1 aromatic rings. The molecule has 1 heterocycles. The normalized spacial score (nSPS) is 23.8. The maximum absolute atomic E-state index is 4.48. The number of hydrogen-bond acceptors (Lipinski definition) is 1. The summed E-state index contributed by atoms with van der Waals surface area (Å²) in [6, 6.07) is 4.35. The maximum atomic E-state index is 4.48. The van der Waals surface area contributed by atoms with Crippen molar-refractivity contribution in [2.24, 2.45) is 11.8 Å². The average molecular weight is 219 g/mol. The first-order chi connectivity index (χ1) is 7.75. The highest BCUT2D eigenvalue weighted by atomic mass is 14.7. The van der Waals surface area contributed by atoms with Crippen molar-refractivity contribution in [1.29, 1.82) is 0 Å². The van der Waals surface area contributed by atoms with E-state index >= 15 is 0 Å². The molecule has 16 heavy (non-hydrogen) atoms. The number of aromatic nitrogens is 1. The van der Waals surface area contributed by atoms with Crippen molar-refractivity contribution in [3.05, 3.63) is 29.6 Å². The van der Waals surface area contributed by atoms with Gasteiger partial charge in [0.1, 0.15) is 0 Å². The number of hydrogen-bond donors (Lipinski definition) is 0. The molecule has 1 saturated carbocycles. The van der Waals surface area contributed by atoms with Crippen LogP contribution in [-0.2, 0) is 6.42 Å². The van der Waals surface area contributed by atoms with Gasteiger partial charge in [-0.15, -0.1) is 0 Å². The van der Waals surface area contributed by atoms with E-state index in [1.807, 2.05) is 20.0 Å². The van der Waals surface area contributed by atoms with E-state index in [0.717, 1.165) is 11.8 Å². The topological polar surface area (TPSA) is 12.9 Å². The fraction of sp³-hybridized carbons (Fsp3) is 0.667. The van der Waals surface area contributed by atoms with Crippen LogP contribution in [0, 0.1) is 18.8 Å². The Labute approximate surface area is 100 Å². The SMILES string of the molecule is CC.Cc1ccc(CC2CCCC2C)nc1. The van der Waals surface area contributed by atoms with E-state index in [2.05, 4.69) is 31.0 Å². The number of aryl methyl sites for hydroxylation is 1. The lowest BCUT2D eigenvalue weighted by atomic mass is 9.93. The van der Waals surface area contributed by atoms with Gasteiger partial charge in [-0.1, -0.05) is 39.7 Å². The lowest BCUT2D eigenvalue weighted by Gasteiger charge is -2.14. The predicted molar refractivity (Wildman–Crippen MR) is 70.5 cm³/mol. The summed E-state index contributed by atoms with van der Waals surface area (Å²) in [4.78, 5) is 4.48. The maximum Gasteiger partial charge on any atom is 0.0406 e. The van der Waals surface area contributed by atoms with Gasteiger partial charge in [0.2, 0.25) is 0 Å². The van der Waals surface area contributed by atoms with Crippen molar-refractivity contribution in [3.8, 4) is 0 Å². The Hall–Kier alpha value is -0.850. The van der Waals surface area contributed by atoms with Crippen LogP contribution in [-0.4, -0.2) is 4.98 Å². The summed E-state index contributed by atoms with van der Waals surface area (Å²) in [5, 5.41) is 0. The van der Waals surface area contributed by atoms with Gasteiger partial charge in [-0.3, -0.25) is 4.98 Å². The second kappa shape index (κ2) is 6.67. The van der Waals surface area contributed by atoms with Gasteiger partial charge in [-0.05, 0) is 43.2 Å². The van der Waals surface area contributed by atoms with Crippen LogP contribution < -0.4 is 0 Å². The summed E-state index contributed by atoms with van der Waals surface area (Å²) in [7, 11) is 0. The molecule has 0 aliphatic heterocycles. The van der Waals surface area contributed by atoms with Gasteiger partial charge in [0.25, 0.3) is 0 Å². The molecule has 0 spiro atoms. The minimum atomic E-state index is 0.880. The van der Waals surface area contributed by atoms with E-state index in [1.54, 1.807) is 0 Å². The molecule has 1 nitrogen and oxygen atoms in total. The third-order valence-electron chi connectivity index (χ3n) is 3.48. The smallest absolute Gasteiger partial charge is 0.0406 e. The van der Waals surface area contributed by atoms with Crippen molar-refractivity contribution in [2.45, 2.75) is 53.4 Å². The van der Waals surface area contributed by atoms with Crippen LogP contribution in [0.5, 0.6) is 0 Å². The molecule has 1 fully saturated rings. The van der Waals surface area contributed by atoms with Crippen LogP contribution in [0.15, 0.2) is 18.3 Å². The molecule has 0 saturated heterocycles. The van der Waals surface area contributed by atoms with E-state index < -0.39 is 0 Å². The van der Waals surface area contributed by atoms with Crippen LogP contribution in [0.3, 0.4) is 0 Å². The van der Waals surface area contributed by atoms with Gasteiger partial charge in [0, 0.05) is 11.9 Å². The first-order valence-electron chi connectivity index (χ1n) is 6.67. The van der Waals surface area contributed by atoms with Gasteiger partial charge in [0.05, 0.1) is 0 Å². The zero-order chi connectivity index (χ0) is 12.0. The number of pyridine rings is 1. The molecule has 1 aliphatic carbocycles. The standard InChI is InChI=1S/C13H19N.C2H6/c1-10-6-7-13(14-9-10)8-12-5-3-4-11(12)2;1-2/h6-7,9,11-12H,3-5,8H2,1-2H3;1-2H3. The molecule has 2 rings (SSSR count). The van der Waals surface area contributed by atoms with Gasteiger partial charge < -0.3 is 0 Å². The van der Waals surface area contributed by atoms with Crippen molar-refractivity contribution < 1.29 is 0 Å². The lowest BCUT2D eigenvalue weighted by Crippen LogP contribution is -2.08. The zero-order valence-corrected chi connectivity index (χ0v) is 11.2. The minimum Gasteiger partial charge on any atom is -0.261 e. The van der Waals surface area contributed by atoms with E-state index in [-0.39, 0.29) is 0 Å². The van der Waals surface area contributed by atoms with E-state index in [1.165, 1.54) is 36.9 Å². The molecule has 1 heteroatoms. The van der Waals surface area contributed by atoms with Crippen molar-refractivity contribution in [1.82, 2.24) is 4.98 Å². The van der Waals surface area contributed by atoms with Gasteiger partial charge in [-0.25, -0.2) is 0 Å². The largest absolute Gasteiger partial charge is 0.261 e. The molecular formula is C15H25N. The van der Waals surface area contributed by atoms with Crippen LogP contribution in [0.4, 0.5) is 0 Å². The van der Waals surface area contributed by atoms with Crippen LogP contribution >= 0.6 is 0 Å². The van der Waals surface area contributed by atoms with Crippen molar-refractivity contribution in [2.75, 3.05) is 0 Å².